The second-order valence-corrected chi connectivity index (χ2v) is 6.78. The Bertz CT molecular complexity index is 717. The number of amides is 2. The van der Waals surface area contributed by atoms with E-state index in [-0.39, 0.29) is 18.1 Å². The number of benzene rings is 2. The number of fused-ring (bicyclic) bond motifs is 1. The van der Waals surface area contributed by atoms with E-state index in [4.69, 9.17) is 0 Å². The van der Waals surface area contributed by atoms with Crippen molar-refractivity contribution >= 4 is 22.5 Å². The number of anilines is 1. The van der Waals surface area contributed by atoms with Gasteiger partial charge < -0.3 is 15.3 Å². The molecule has 2 aromatic rings. The third-order valence-electron chi connectivity index (χ3n) is 5.04. The SMILES string of the molecule is Cc1ccc2ccccc2c1NC(=O)N(C)CC1(CO)CCC1. The summed E-state index contributed by atoms with van der Waals surface area (Å²) in [5, 5.41) is 14.8. The van der Waals surface area contributed by atoms with Gasteiger partial charge in [0.1, 0.15) is 0 Å². The fourth-order valence-corrected chi connectivity index (χ4v) is 3.37. The van der Waals surface area contributed by atoms with E-state index in [0.29, 0.717) is 6.54 Å². The maximum Gasteiger partial charge on any atom is 0.321 e. The quantitative estimate of drug-likeness (QED) is 0.903. The zero-order valence-electron chi connectivity index (χ0n) is 13.8. The fourth-order valence-electron chi connectivity index (χ4n) is 3.37. The van der Waals surface area contributed by atoms with Gasteiger partial charge in [-0.05, 0) is 30.7 Å². The summed E-state index contributed by atoms with van der Waals surface area (Å²) in [4.78, 5) is 14.3. The van der Waals surface area contributed by atoms with Crippen molar-refractivity contribution in [3.8, 4) is 0 Å². The highest BCUT2D eigenvalue weighted by Gasteiger charge is 2.38. The van der Waals surface area contributed by atoms with E-state index >= 15 is 0 Å². The summed E-state index contributed by atoms with van der Waals surface area (Å²) in [5.74, 6) is 0. The average Bonchev–Trinajstić information content (AvgIpc) is 2.53. The zero-order chi connectivity index (χ0) is 16.4. The summed E-state index contributed by atoms with van der Waals surface area (Å²) in [6.45, 7) is 2.75. The van der Waals surface area contributed by atoms with Gasteiger partial charge in [-0.25, -0.2) is 4.79 Å². The lowest BCUT2D eigenvalue weighted by Crippen LogP contribution is -2.46. The summed E-state index contributed by atoms with van der Waals surface area (Å²) in [6.07, 6.45) is 3.13. The van der Waals surface area contributed by atoms with Gasteiger partial charge >= 0.3 is 6.03 Å². The van der Waals surface area contributed by atoms with Crippen molar-refractivity contribution in [2.45, 2.75) is 26.2 Å². The number of aliphatic hydroxyl groups excluding tert-OH is 1. The average molecular weight is 312 g/mol. The molecule has 0 heterocycles. The van der Waals surface area contributed by atoms with Crippen molar-refractivity contribution in [3.63, 3.8) is 0 Å². The van der Waals surface area contributed by atoms with Crippen LogP contribution >= 0.6 is 0 Å². The van der Waals surface area contributed by atoms with Crippen molar-refractivity contribution in [1.29, 1.82) is 0 Å². The lowest BCUT2D eigenvalue weighted by atomic mass is 9.69. The Morgan fingerprint density at radius 3 is 2.65 bits per heavy atom. The maximum absolute atomic E-state index is 12.6. The number of rotatable bonds is 4. The molecule has 1 saturated carbocycles. The molecule has 1 aliphatic rings. The van der Waals surface area contributed by atoms with Crippen LogP contribution in [0.15, 0.2) is 36.4 Å². The molecule has 1 aliphatic carbocycles. The number of urea groups is 1. The summed E-state index contributed by atoms with van der Waals surface area (Å²) >= 11 is 0. The zero-order valence-corrected chi connectivity index (χ0v) is 13.8. The maximum atomic E-state index is 12.6. The van der Waals surface area contributed by atoms with Crippen LogP contribution in [0.3, 0.4) is 0 Å². The van der Waals surface area contributed by atoms with Gasteiger partial charge in [-0.3, -0.25) is 0 Å². The summed E-state index contributed by atoms with van der Waals surface area (Å²) in [6, 6.07) is 12.0. The van der Waals surface area contributed by atoms with E-state index in [9.17, 15) is 9.90 Å². The van der Waals surface area contributed by atoms with Gasteiger partial charge in [-0.15, -0.1) is 0 Å². The van der Waals surface area contributed by atoms with Gasteiger partial charge in [-0.2, -0.15) is 0 Å². The molecular formula is C19H24N2O2. The molecule has 122 valence electrons. The largest absolute Gasteiger partial charge is 0.396 e. The molecule has 2 aromatic carbocycles. The Hall–Kier alpha value is -2.07. The number of aliphatic hydroxyl groups is 1. The number of hydrogen-bond acceptors (Lipinski definition) is 2. The van der Waals surface area contributed by atoms with Crippen LogP contribution in [-0.4, -0.2) is 36.2 Å². The number of nitrogens with zero attached hydrogens (tertiary/aromatic N) is 1. The van der Waals surface area contributed by atoms with E-state index in [0.717, 1.165) is 41.3 Å². The molecule has 2 N–H and O–H groups in total. The van der Waals surface area contributed by atoms with E-state index in [1.165, 1.54) is 0 Å². The molecule has 4 nitrogen and oxygen atoms in total. The van der Waals surface area contributed by atoms with Gasteiger partial charge in [0.25, 0.3) is 0 Å². The smallest absolute Gasteiger partial charge is 0.321 e. The number of hydrogen-bond donors (Lipinski definition) is 2. The summed E-state index contributed by atoms with van der Waals surface area (Å²) in [7, 11) is 1.80. The first-order valence-corrected chi connectivity index (χ1v) is 8.16. The van der Waals surface area contributed by atoms with Gasteiger partial charge in [0, 0.05) is 24.4 Å². The first-order valence-electron chi connectivity index (χ1n) is 8.16. The molecule has 0 radical (unpaired) electrons. The van der Waals surface area contributed by atoms with Crippen LogP contribution in [0.4, 0.5) is 10.5 Å². The Kier molecular flexibility index (Phi) is 4.26. The highest BCUT2D eigenvalue weighted by atomic mass is 16.3. The number of carbonyl (C=O) groups excluding carboxylic acids is 1. The third kappa shape index (κ3) is 3.04. The number of aryl methyl sites for hydroxylation is 1. The first kappa shape index (κ1) is 15.8. The molecule has 0 aliphatic heterocycles. The molecule has 23 heavy (non-hydrogen) atoms. The van der Waals surface area contributed by atoms with E-state index in [1.807, 2.05) is 37.3 Å². The Labute approximate surface area is 137 Å². The van der Waals surface area contributed by atoms with Crippen molar-refractivity contribution in [3.05, 3.63) is 42.0 Å². The molecule has 0 bridgehead atoms. The molecule has 4 heteroatoms. The Morgan fingerprint density at radius 1 is 1.26 bits per heavy atom. The highest BCUT2D eigenvalue weighted by Crippen LogP contribution is 2.41. The van der Waals surface area contributed by atoms with E-state index in [1.54, 1.807) is 11.9 Å². The van der Waals surface area contributed by atoms with Crippen LogP contribution in [0.2, 0.25) is 0 Å². The van der Waals surface area contributed by atoms with E-state index < -0.39 is 0 Å². The standard InChI is InChI=1S/C19H24N2O2/c1-14-8-9-15-6-3-4-7-16(15)17(14)20-18(23)21(2)12-19(13-22)10-5-11-19/h3-4,6-9,22H,5,10-13H2,1-2H3,(H,20,23). The second-order valence-electron chi connectivity index (χ2n) is 6.78. The highest BCUT2D eigenvalue weighted by molar-refractivity contribution is 6.02. The molecule has 0 spiro atoms. The summed E-state index contributed by atoms with van der Waals surface area (Å²) in [5.41, 5.74) is 1.82. The van der Waals surface area contributed by atoms with Crippen LogP contribution in [0.25, 0.3) is 10.8 Å². The monoisotopic (exact) mass is 312 g/mol. The molecule has 0 saturated heterocycles. The van der Waals surface area contributed by atoms with Gasteiger partial charge in [-0.1, -0.05) is 42.8 Å². The molecule has 0 atom stereocenters. The number of carbonyl (C=O) groups is 1. The molecule has 3 rings (SSSR count). The lowest BCUT2D eigenvalue weighted by molar-refractivity contribution is 0.0243. The van der Waals surface area contributed by atoms with Gasteiger partial charge in [0.2, 0.25) is 0 Å². The molecule has 1 fully saturated rings. The van der Waals surface area contributed by atoms with Crippen molar-refractivity contribution in [2.24, 2.45) is 5.41 Å². The summed E-state index contributed by atoms with van der Waals surface area (Å²) < 4.78 is 0. The minimum absolute atomic E-state index is 0.0973. The van der Waals surface area contributed by atoms with Crippen molar-refractivity contribution in [1.82, 2.24) is 4.90 Å². The molecular weight excluding hydrogens is 288 g/mol. The molecule has 0 unspecified atom stereocenters. The number of nitrogens with one attached hydrogen (secondary N) is 1. The first-order chi connectivity index (χ1) is 11.0. The predicted octanol–water partition coefficient (Wildman–Crippen LogP) is 3.77. The van der Waals surface area contributed by atoms with Crippen LogP contribution in [0.5, 0.6) is 0 Å². The minimum Gasteiger partial charge on any atom is -0.396 e. The fraction of sp³-hybridized carbons (Fsp3) is 0.421. The van der Waals surface area contributed by atoms with Crippen LogP contribution in [-0.2, 0) is 0 Å². The molecule has 2 amide bonds. The predicted molar refractivity (Wildman–Crippen MR) is 93.7 cm³/mol. The van der Waals surface area contributed by atoms with Crippen molar-refractivity contribution in [2.75, 3.05) is 25.5 Å². The van der Waals surface area contributed by atoms with Crippen LogP contribution < -0.4 is 5.32 Å². The third-order valence-corrected chi connectivity index (χ3v) is 5.04. The normalized spacial score (nSPS) is 16.0. The van der Waals surface area contributed by atoms with Crippen molar-refractivity contribution < 1.29 is 9.90 Å². The van der Waals surface area contributed by atoms with Gasteiger partial charge in [0.05, 0.1) is 12.3 Å². The Morgan fingerprint density at radius 2 is 2.00 bits per heavy atom. The minimum atomic E-state index is -0.121. The Balaban J connectivity index is 1.79. The lowest BCUT2D eigenvalue weighted by Gasteiger charge is -2.42. The topological polar surface area (TPSA) is 52.6 Å². The second kappa shape index (κ2) is 6.20. The van der Waals surface area contributed by atoms with Crippen LogP contribution in [0.1, 0.15) is 24.8 Å². The van der Waals surface area contributed by atoms with E-state index in [2.05, 4.69) is 11.4 Å². The van der Waals surface area contributed by atoms with Gasteiger partial charge in [0.15, 0.2) is 0 Å². The van der Waals surface area contributed by atoms with Crippen LogP contribution in [0, 0.1) is 12.3 Å². The molecule has 0 aromatic heterocycles.